The molecule has 23 heavy (non-hydrogen) atoms. The van der Waals surface area contributed by atoms with E-state index in [2.05, 4.69) is 32.6 Å². The number of nitrogens with zero attached hydrogens (tertiary/aromatic N) is 7. The summed E-state index contributed by atoms with van der Waals surface area (Å²) < 4.78 is 8.56. The molecule has 3 rings (SSSR count). The molecule has 0 fully saturated rings. The van der Waals surface area contributed by atoms with Crippen LogP contribution in [0.25, 0.3) is 11.4 Å². The Balaban J connectivity index is 1.71. The average molecular weight is 334 g/mol. The first-order chi connectivity index (χ1) is 11.2. The van der Waals surface area contributed by atoms with Crippen LogP contribution in [0.15, 0.2) is 21.9 Å². The Morgan fingerprint density at radius 2 is 2.17 bits per heavy atom. The molecule has 0 amide bonds. The van der Waals surface area contributed by atoms with Crippen LogP contribution in [0.2, 0.25) is 0 Å². The van der Waals surface area contributed by atoms with Gasteiger partial charge >= 0.3 is 0 Å². The van der Waals surface area contributed by atoms with E-state index in [0.29, 0.717) is 16.7 Å². The summed E-state index contributed by atoms with van der Waals surface area (Å²) in [6.07, 6.45) is 3.74. The van der Waals surface area contributed by atoms with Gasteiger partial charge in [-0.15, -0.1) is 15.3 Å². The Morgan fingerprint density at radius 1 is 1.30 bits per heavy atom. The summed E-state index contributed by atoms with van der Waals surface area (Å²) in [5.74, 6) is 8.80. The van der Waals surface area contributed by atoms with Crippen molar-refractivity contribution >= 4 is 11.8 Å². The minimum absolute atomic E-state index is 0.573. The molecule has 0 bridgehead atoms. The average Bonchev–Trinajstić information content (AvgIpc) is 3.24. The van der Waals surface area contributed by atoms with Gasteiger partial charge in [0.1, 0.15) is 5.76 Å². The van der Waals surface area contributed by atoms with E-state index in [1.807, 2.05) is 17.7 Å². The Labute approximate surface area is 137 Å². The third kappa shape index (κ3) is 3.21. The first-order valence-electron chi connectivity index (χ1n) is 7.33. The largest absolute Gasteiger partial charge is 0.469 e. The lowest BCUT2D eigenvalue weighted by Gasteiger charge is -2.04. The molecule has 10 heteroatoms. The molecule has 9 nitrogen and oxygen atoms in total. The van der Waals surface area contributed by atoms with Gasteiger partial charge in [0.25, 0.3) is 0 Å². The molecule has 0 aliphatic carbocycles. The van der Waals surface area contributed by atoms with Gasteiger partial charge in [-0.05, 0) is 29.8 Å². The van der Waals surface area contributed by atoms with Crippen molar-refractivity contribution in [1.29, 1.82) is 0 Å². The van der Waals surface area contributed by atoms with Gasteiger partial charge in [-0.2, -0.15) is 0 Å². The quantitative estimate of drug-likeness (QED) is 0.512. The normalized spacial score (nSPS) is 11.2. The number of tetrazole rings is 1. The highest BCUT2D eigenvalue weighted by atomic mass is 32.2. The van der Waals surface area contributed by atoms with Gasteiger partial charge < -0.3 is 10.3 Å². The van der Waals surface area contributed by atoms with Crippen molar-refractivity contribution in [3.05, 3.63) is 23.9 Å². The topological polar surface area (TPSA) is 113 Å². The Kier molecular flexibility index (Phi) is 4.60. The summed E-state index contributed by atoms with van der Waals surface area (Å²) in [6, 6.07) is 1.82. The molecule has 0 saturated heterocycles. The lowest BCUT2D eigenvalue weighted by molar-refractivity contribution is 0.535. The Bertz CT molecular complexity index is 777. The number of nitrogen functional groups attached to an aromatic ring is 1. The fourth-order valence-electron chi connectivity index (χ4n) is 2.11. The summed E-state index contributed by atoms with van der Waals surface area (Å²) in [4.78, 5) is 0. The molecule has 0 unspecified atom stereocenters. The van der Waals surface area contributed by atoms with Crippen LogP contribution in [0, 0.1) is 6.92 Å². The zero-order valence-corrected chi connectivity index (χ0v) is 13.8. The van der Waals surface area contributed by atoms with Crippen LogP contribution in [0.3, 0.4) is 0 Å². The fourth-order valence-corrected chi connectivity index (χ4v) is 2.90. The number of thioether (sulfide) groups is 1. The predicted octanol–water partition coefficient (Wildman–Crippen LogP) is 1.64. The molecule has 122 valence electrons. The van der Waals surface area contributed by atoms with Crippen molar-refractivity contribution < 1.29 is 4.42 Å². The molecular formula is C13H18N8OS. The van der Waals surface area contributed by atoms with Gasteiger partial charge in [0.05, 0.1) is 17.6 Å². The van der Waals surface area contributed by atoms with Crippen LogP contribution in [0.4, 0.5) is 0 Å². The van der Waals surface area contributed by atoms with Gasteiger partial charge in [-0.3, -0.25) is 0 Å². The number of hydrogen-bond donors (Lipinski definition) is 1. The predicted molar refractivity (Wildman–Crippen MR) is 84.9 cm³/mol. The molecule has 0 aromatic carbocycles. The van der Waals surface area contributed by atoms with E-state index in [1.54, 1.807) is 6.26 Å². The highest BCUT2D eigenvalue weighted by Crippen LogP contribution is 2.26. The minimum atomic E-state index is 0.573. The van der Waals surface area contributed by atoms with Crippen LogP contribution >= 0.6 is 11.8 Å². The van der Waals surface area contributed by atoms with Crippen LogP contribution < -0.4 is 5.84 Å². The van der Waals surface area contributed by atoms with Crippen molar-refractivity contribution in [2.75, 3.05) is 5.84 Å². The molecule has 3 heterocycles. The van der Waals surface area contributed by atoms with Crippen LogP contribution in [0.5, 0.6) is 0 Å². The van der Waals surface area contributed by atoms with Crippen LogP contribution in [-0.4, -0.2) is 35.1 Å². The monoisotopic (exact) mass is 334 g/mol. The Hall–Kier alpha value is -2.36. The lowest BCUT2D eigenvalue weighted by atomic mass is 10.2. The summed E-state index contributed by atoms with van der Waals surface area (Å²) in [5.41, 5.74) is 0.833. The Morgan fingerprint density at radius 3 is 2.91 bits per heavy atom. The number of nitrogens with two attached hydrogens (primary N) is 1. The smallest absolute Gasteiger partial charge is 0.210 e. The van der Waals surface area contributed by atoms with Crippen molar-refractivity contribution in [2.45, 2.75) is 44.1 Å². The van der Waals surface area contributed by atoms with Crippen LogP contribution in [-0.2, 0) is 12.3 Å². The molecular weight excluding hydrogens is 316 g/mol. The number of unbranched alkanes of at least 4 members (excludes halogenated alkanes) is 1. The second-order valence-corrected chi connectivity index (χ2v) is 5.97. The highest BCUT2D eigenvalue weighted by molar-refractivity contribution is 7.98. The van der Waals surface area contributed by atoms with E-state index in [-0.39, 0.29) is 0 Å². The van der Waals surface area contributed by atoms with Crippen molar-refractivity contribution in [2.24, 2.45) is 0 Å². The van der Waals surface area contributed by atoms with Gasteiger partial charge in [0.2, 0.25) is 5.16 Å². The van der Waals surface area contributed by atoms with Gasteiger partial charge in [-0.25, -0.2) is 9.36 Å². The molecule has 0 aliphatic heterocycles. The summed E-state index contributed by atoms with van der Waals surface area (Å²) in [6.45, 7) is 4.81. The van der Waals surface area contributed by atoms with Crippen LogP contribution in [0.1, 0.15) is 31.4 Å². The lowest BCUT2D eigenvalue weighted by Crippen LogP contribution is -2.12. The van der Waals surface area contributed by atoms with E-state index in [0.717, 1.165) is 36.5 Å². The van der Waals surface area contributed by atoms with E-state index >= 15 is 0 Å². The molecule has 2 N–H and O–H groups in total. The summed E-state index contributed by atoms with van der Waals surface area (Å²) >= 11 is 1.45. The number of rotatable bonds is 7. The fraction of sp³-hybridized carbons (Fsp3) is 0.462. The number of aromatic nitrogens is 7. The molecule has 0 radical (unpaired) electrons. The van der Waals surface area contributed by atoms with Crippen molar-refractivity contribution in [3.8, 4) is 11.4 Å². The third-order valence-corrected chi connectivity index (χ3v) is 4.36. The molecule has 0 saturated carbocycles. The molecule has 0 aliphatic rings. The standard InChI is InChI=1S/C13H18N8OS/c1-3-4-6-20-11(15-18-19-20)8-23-13-17-16-12(21(13)14)10-5-7-22-9(10)2/h5,7H,3-4,6,8,14H2,1-2H3. The number of hydrogen-bond acceptors (Lipinski definition) is 8. The minimum Gasteiger partial charge on any atom is -0.469 e. The van der Waals surface area contributed by atoms with Crippen molar-refractivity contribution in [3.63, 3.8) is 0 Å². The van der Waals surface area contributed by atoms with E-state index in [4.69, 9.17) is 10.3 Å². The maximum atomic E-state index is 6.09. The van der Waals surface area contributed by atoms with Gasteiger partial charge in [-0.1, -0.05) is 25.1 Å². The molecule has 3 aromatic heterocycles. The molecule has 0 spiro atoms. The second kappa shape index (κ2) is 6.82. The van der Waals surface area contributed by atoms with E-state index in [9.17, 15) is 0 Å². The maximum absolute atomic E-state index is 6.09. The zero-order chi connectivity index (χ0) is 16.2. The maximum Gasteiger partial charge on any atom is 0.210 e. The first-order valence-corrected chi connectivity index (χ1v) is 8.32. The molecule has 3 aromatic rings. The summed E-state index contributed by atoms with van der Waals surface area (Å²) in [5, 5.41) is 20.7. The number of aryl methyl sites for hydroxylation is 2. The van der Waals surface area contributed by atoms with Gasteiger partial charge in [0, 0.05) is 6.54 Å². The SMILES string of the molecule is CCCCn1nnnc1CSc1nnc(-c2ccoc2C)n1N. The number of furan rings is 1. The van der Waals surface area contributed by atoms with E-state index in [1.165, 1.54) is 16.4 Å². The highest BCUT2D eigenvalue weighted by Gasteiger charge is 2.16. The first kappa shape index (κ1) is 15.5. The second-order valence-electron chi connectivity index (χ2n) is 5.03. The van der Waals surface area contributed by atoms with E-state index < -0.39 is 0 Å². The molecule has 0 atom stereocenters. The van der Waals surface area contributed by atoms with Gasteiger partial charge in [0.15, 0.2) is 11.6 Å². The van der Waals surface area contributed by atoms with Crippen molar-refractivity contribution in [1.82, 2.24) is 35.1 Å². The summed E-state index contributed by atoms with van der Waals surface area (Å²) in [7, 11) is 0. The third-order valence-electron chi connectivity index (χ3n) is 3.42. The zero-order valence-electron chi connectivity index (χ0n) is 13.0.